The molecule has 24 heavy (non-hydrogen) atoms. The van der Waals surface area contributed by atoms with Crippen LogP contribution in [0.15, 0.2) is 34.8 Å². The summed E-state index contributed by atoms with van der Waals surface area (Å²) >= 11 is 1.84. The second kappa shape index (κ2) is 8.84. The Bertz CT molecular complexity index is 601. The Hall–Kier alpha value is -1.86. The van der Waals surface area contributed by atoms with Crippen molar-refractivity contribution >= 4 is 17.3 Å². The summed E-state index contributed by atoms with van der Waals surface area (Å²) in [6.07, 6.45) is 4.36. The van der Waals surface area contributed by atoms with Crippen LogP contribution in [0.3, 0.4) is 0 Å². The molecule has 0 aromatic carbocycles. The molecule has 3 rings (SSSR count). The molecule has 7 heteroatoms. The smallest absolute Gasteiger partial charge is 0.191 e. The van der Waals surface area contributed by atoms with Crippen molar-refractivity contribution in [3.8, 4) is 0 Å². The van der Waals surface area contributed by atoms with E-state index in [0.29, 0.717) is 12.6 Å². The van der Waals surface area contributed by atoms with Gasteiger partial charge in [0, 0.05) is 24.2 Å². The average Bonchev–Trinajstić information content (AvgIpc) is 3.35. The number of nitrogens with one attached hydrogen (secondary N) is 3. The summed E-state index contributed by atoms with van der Waals surface area (Å²) in [6, 6.07) is 6.75. The topological polar surface area (TPSA) is 68.3 Å². The number of likely N-dealkylation sites (tertiary alicyclic amines) is 1. The largest absolute Gasteiger partial charge is 0.357 e. The van der Waals surface area contributed by atoms with E-state index in [4.69, 9.17) is 0 Å². The van der Waals surface area contributed by atoms with Crippen LogP contribution in [-0.4, -0.2) is 47.2 Å². The van der Waals surface area contributed by atoms with Gasteiger partial charge in [0.25, 0.3) is 0 Å². The Morgan fingerprint density at radius 2 is 2.25 bits per heavy atom. The summed E-state index contributed by atoms with van der Waals surface area (Å²) in [4.78, 5) is 8.65. The third-order valence-corrected chi connectivity index (χ3v) is 5.20. The van der Waals surface area contributed by atoms with E-state index in [9.17, 15) is 0 Å². The van der Waals surface area contributed by atoms with Gasteiger partial charge in [-0.25, -0.2) is 4.99 Å². The summed E-state index contributed by atoms with van der Waals surface area (Å²) in [5, 5.41) is 15.9. The second-order valence-electron chi connectivity index (χ2n) is 5.93. The highest BCUT2D eigenvalue weighted by Gasteiger charge is 2.24. The molecule has 0 saturated carbocycles. The minimum Gasteiger partial charge on any atom is -0.357 e. The molecule has 0 amide bonds. The maximum Gasteiger partial charge on any atom is 0.191 e. The predicted molar refractivity (Wildman–Crippen MR) is 99.3 cm³/mol. The van der Waals surface area contributed by atoms with Crippen LogP contribution >= 0.6 is 11.3 Å². The van der Waals surface area contributed by atoms with Gasteiger partial charge in [-0.05, 0) is 50.4 Å². The van der Waals surface area contributed by atoms with Gasteiger partial charge < -0.3 is 10.6 Å². The molecule has 3 heterocycles. The Labute approximate surface area is 147 Å². The van der Waals surface area contributed by atoms with E-state index in [1.165, 1.54) is 30.8 Å². The molecule has 0 spiro atoms. The number of H-pyrrole nitrogens is 1. The standard InChI is InChI=1S/C17H26N6S/c1-2-18-17(19-12-14-7-8-21-22-14)20-13-15(16-6-5-11-24-16)23-9-3-4-10-23/h5-8,11,15H,2-4,9-10,12-13H2,1H3,(H,21,22)(H2,18,19,20). The van der Waals surface area contributed by atoms with Crippen molar-refractivity contribution in [2.45, 2.75) is 32.4 Å². The van der Waals surface area contributed by atoms with Crippen molar-refractivity contribution in [3.63, 3.8) is 0 Å². The van der Waals surface area contributed by atoms with Crippen LogP contribution in [0.5, 0.6) is 0 Å². The fraction of sp³-hybridized carbons (Fsp3) is 0.529. The van der Waals surface area contributed by atoms with Crippen LogP contribution in [-0.2, 0) is 6.54 Å². The molecule has 3 N–H and O–H groups in total. The highest BCUT2D eigenvalue weighted by Crippen LogP contribution is 2.27. The van der Waals surface area contributed by atoms with Gasteiger partial charge in [0.15, 0.2) is 5.96 Å². The number of hydrogen-bond donors (Lipinski definition) is 3. The van der Waals surface area contributed by atoms with Crippen LogP contribution in [0.1, 0.15) is 36.4 Å². The van der Waals surface area contributed by atoms with Crippen molar-refractivity contribution in [1.29, 1.82) is 0 Å². The lowest BCUT2D eigenvalue weighted by Crippen LogP contribution is -2.42. The van der Waals surface area contributed by atoms with Gasteiger partial charge in [0.2, 0.25) is 0 Å². The Balaban J connectivity index is 1.63. The monoisotopic (exact) mass is 346 g/mol. The first-order valence-corrected chi connectivity index (χ1v) is 9.52. The molecule has 0 bridgehead atoms. The van der Waals surface area contributed by atoms with Gasteiger partial charge in [-0.1, -0.05) is 6.07 Å². The van der Waals surface area contributed by atoms with E-state index in [1.54, 1.807) is 6.20 Å². The van der Waals surface area contributed by atoms with Crippen LogP contribution in [0.4, 0.5) is 0 Å². The first-order valence-electron chi connectivity index (χ1n) is 8.64. The molecule has 1 saturated heterocycles. The molecule has 1 aliphatic rings. The Morgan fingerprint density at radius 3 is 2.92 bits per heavy atom. The van der Waals surface area contributed by atoms with E-state index < -0.39 is 0 Å². The highest BCUT2D eigenvalue weighted by molar-refractivity contribution is 7.10. The first-order chi connectivity index (χ1) is 11.9. The zero-order chi connectivity index (χ0) is 16.6. The van der Waals surface area contributed by atoms with Gasteiger partial charge in [-0.15, -0.1) is 11.3 Å². The van der Waals surface area contributed by atoms with Crippen LogP contribution < -0.4 is 10.6 Å². The average molecular weight is 347 g/mol. The molecular formula is C17H26N6S. The second-order valence-corrected chi connectivity index (χ2v) is 6.91. The number of rotatable bonds is 7. The zero-order valence-corrected chi connectivity index (χ0v) is 15.0. The molecule has 1 unspecified atom stereocenters. The lowest BCUT2D eigenvalue weighted by Gasteiger charge is -2.27. The maximum absolute atomic E-state index is 4.64. The van der Waals surface area contributed by atoms with E-state index in [-0.39, 0.29) is 0 Å². The molecule has 1 atom stereocenters. The summed E-state index contributed by atoms with van der Waals surface area (Å²) in [7, 11) is 0. The number of nitrogens with zero attached hydrogens (tertiary/aromatic N) is 3. The minimum absolute atomic E-state index is 0.420. The molecule has 0 aliphatic carbocycles. The van der Waals surface area contributed by atoms with Crippen molar-refractivity contribution < 1.29 is 0 Å². The first kappa shape index (κ1) is 17.0. The lowest BCUT2D eigenvalue weighted by atomic mass is 10.2. The Morgan fingerprint density at radius 1 is 1.38 bits per heavy atom. The van der Waals surface area contributed by atoms with Crippen LogP contribution in [0.25, 0.3) is 0 Å². The van der Waals surface area contributed by atoms with Gasteiger partial charge >= 0.3 is 0 Å². The SMILES string of the molecule is CCNC(=NCc1ccn[nH]1)NCC(c1cccs1)N1CCCC1. The van der Waals surface area contributed by atoms with E-state index >= 15 is 0 Å². The fourth-order valence-electron chi connectivity index (χ4n) is 3.02. The molecular weight excluding hydrogens is 320 g/mol. The number of aliphatic imine (C=N–C) groups is 1. The highest BCUT2D eigenvalue weighted by atomic mass is 32.1. The summed E-state index contributed by atoms with van der Waals surface area (Å²) < 4.78 is 0. The normalized spacial score (nSPS) is 17.1. The van der Waals surface area contributed by atoms with E-state index in [0.717, 1.165) is 24.7 Å². The van der Waals surface area contributed by atoms with Crippen LogP contribution in [0, 0.1) is 0 Å². The minimum atomic E-state index is 0.420. The number of aromatic amines is 1. The molecule has 2 aromatic rings. The maximum atomic E-state index is 4.64. The molecule has 0 radical (unpaired) electrons. The number of thiophene rings is 1. The molecule has 6 nitrogen and oxygen atoms in total. The third kappa shape index (κ3) is 4.58. The van der Waals surface area contributed by atoms with Crippen molar-refractivity contribution in [2.75, 3.05) is 26.2 Å². The molecule has 130 valence electrons. The summed E-state index contributed by atoms with van der Waals surface area (Å²) in [5.74, 6) is 0.854. The third-order valence-electron chi connectivity index (χ3n) is 4.23. The van der Waals surface area contributed by atoms with E-state index in [2.05, 4.69) is 55.2 Å². The Kier molecular flexibility index (Phi) is 6.26. The lowest BCUT2D eigenvalue weighted by molar-refractivity contribution is 0.249. The molecule has 1 fully saturated rings. The molecule has 1 aliphatic heterocycles. The van der Waals surface area contributed by atoms with Crippen molar-refractivity contribution in [1.82, 2.24) is 25.7 Å². The zero-order valence-electron chi connectivity index (χ0n) is 14.2. The van der Waals surface area contributed by atoms with Gasteiger partial charge in [0.1, 0.15) is 0 Å². The predicted octanol–water partition coefficient (Wildman–Crippen LogP) is 2.36. The van der Waals surface area contributed by atoms with Crippen molar-refractivity contribution in [2.24, 2.45) is 4.99 Å². The van der Waals surface area contributed by atoms with Gasteiger partial charge in [-0.3, -0.25) is 10.00 Å². The van der Waals surface area contributed by atoms with E-state index in [1.807, 2.05) is 17.4 Å². The number of hydrogen-bond acceptors (Lipinski definition) is 4. The van der Waals surface area contributed by atoms with Gasteiger partial charge in [0.05, 0.1) is 18.3 Å². The van der Waals surface area contributed by atoms with Crippen molar-refractivity contribution in [3.05, 3.63) is 40.3 Å². The summed E-state index contributed by atoms with van der Waals surface area (Å²) in [5.41, 5.74) is 1.02. The van der Waals surface area contributed by atoms with Crippen LogP contribution in [0.2, 0.25) is 0 Å². The number of guanidine groups is 1. The summed E-state index contributed by atoms with van der Waals surface area (Å²) in [6.45, 7) is 6.78. The molecule has 2 aromatic heterocycles. The fourth-order valence-corrected chi connectivity index (χ4v) is 3.88. The number of aromatic nitrogens is 2. The van der Waals surface area contributed by atoms with Gasteiger partial charge in [-0.2, -0.15) is 5.10 Å². The quantitative estimate of drug-likeness (QED) is 0.532.